The lowest BCUT2D eigenvalue weighted by atomic mass is 9.96. The molecule has 2 rings (SSSR count). The number of hydrogen-bond acceptors (Lipinski definition) is 5. The van der Waals surface area contributed by atoms with Gasteiger partial charge in [-0.15, -0.1) is 0 Å². The number of ether oxygens (including phenoxy) is 2. The summed E-state index contributed by atoms with van der Waals surface area (Å²) in [6, 6.07) is 10.2. The quantitative estimate of drug-likeness (QED) is 0.587. The molecule has 0 saturated carbocycles. The molecule has 2 aromatic carbocycles. The maximum atomic E-state index is 12.6. The van der Waals surface area contributed by atoms with E-state index in [0.29, 0.717) is 16.9 Å². The van der Waals surface area contributed by atoms with Crippen LogP contribution < -0.4 is 10.1 Å². The SMILES string of the molecule is COc1ccc(C(=O)NCC(=O)O[C@@H](C)C(=O)c2cc(C)c(C)cc2C)cc1. The third-order valence-electron chi connectivity index (χ3n) is 4.53. The van der Waals surface area contributed by atoms with Crippen molar-refractivity contribution in [2.24, 2.45) is 0 Å². The summed E-state index contributed by atoms with van der Waals surface area (Å²) >= 11 is 0. The summed E-state index contributed by atoms with van der Waals surface area (Å²) in [5.74, 6) is -0.729. The van der Waals surface area contributed by atoms with Crippen molar-refractivity contribution in [2.45, 2.75) is 33.8 Å². The summed E-state index contributed by atoms with van der Waals surface area (Å²) in [6.45, 7) is 6.96. The number of amides is 1. The number of aryl methyl sites for hydroxylation is 3. The fraction of sp³-hybridized carbons (Fsp3) is 0.318. The van der Waals surface area contributed by atoms with E-state index in [1.165, 1.54) is 14.0 Å². The second kappa shape index (κ2) is 9.17. The summed E-state index contributed by atoms with van der Waals surface area (Å²) in [6.07, 6.45) is -0.939. The predicted molar refractivity (Wildman–Crippen MR) is 106 cm³/mol. The smallest absolute Gasteiger partial charge is 0.326 e. The molecule has 0 unspecified atom stereocenters. The van der Waals surface area contributed by atoms with Gasteiger partial charge in [-0.05, 0) is 74.7 Å². The second-order valence-electron chi connectivity index (χ2n) is 6.66. The van der Waals surface area contributed by atoms with Gasteiger partial charge >= 0.3 is 5.97 Å². The first-order chi connectivity index (χ1) is 13.2. The normalized spacial score (nSPS) is 11.5. The Hall–Kier alpha value is -3.15. The van der Waals surface area contributed by atoms with Crippen molar-refractivity contribution in [3.05, 3.63) is 64.2 Å². The maximum Gasteiger partial charge on any atom is 0.326 e. The lowest BCUT2D eigenvalue weighted by Gasteiger charge is -2.15. The Balaban J connectivity index is 1.92. The number of nitrogens with one attached hydrogen (secondary N) is 1. The molecule has 1 amide bonds. The first-order valence-corrected chi connectivity index (χ1v) is 8.96. The molecular weight excluding hydrogens is 358 g/mol. The molecular formula is C22H25NO5. The first-order valence-electron chi connectivity index (χ1n) is 8.96. The number of carbonyl (C=O) groups is 3. The molecule has 148 valence electrons. The van der Waals surface area contributed by atoms with E-state index in [9.17, 15) is 14.4 Å². The second-order valence-corrected chi connectivity index (χ2v) is 6.66. The molecule has 2 aromatic rings. The average Bonchev–Trinajstić information content (AvgIpc) is 2.68. The fourth-order valence-corrected chi connectivity index (χ4v) is 2.73. The molecule has 0 saturated heterocycles. The molecule has 0 fully saturated rings. The highest BCUT2D eigenvalue weighted by Gasteiger charge is 2.22. The summed E-state index contributed by atoms with van der Waals surface area (Å²) < 4.78 is 10.2. The predicted octanol–water partition coefficient (Wildman–Crippen LogP) is 3.16. The number of methoxy groups -OCH3 is 1. The number of rotatable bonds is 7. The summed E-state index contributed by atoms with van der Waals surface area (Å²) in [4.78, 5) is 36.7. The Bertz CT molecular complexity index is 887. The van der Waals surface area contributed by atoms with Gasteiger partial charge in [-0.1, -0.05) is 6.07 Å². The van der Waals surface area contributed by atoms with Crippen LogP contribution in [0.5, 0.6) is 5.75 Å². The van der Waals surface area contributed by atoms with E-state index in [0.717, 1.165) is 16.7 Å². The van der Waals surface area contributed by atoms with Crippen molar-refractivity contribution in [3.63, 3.8) is 0 Å². The largest absolute Gasteiger partial charge is 0.497 e. The number of ketones is 1. The Morgan fingerprint density at radius 3 is 2.18 bits per heavy atom. The van der Waals surface area contributed by atoms with Gasteiger partial charge in [-0.2, -0.15) is 0 Å². The lowest BCUT2D eigenvalue weighted by molar-refractivity contribution is -0.145. The van der Waals surface area contributed by atoms with Gasteiger partial charge in [0, 0.05) is 11.1 Å². The Kier molecular flexibility index (Phi) is 6.93. The van der Waals surface area contributed by atoms with Crippen LogP contribution in [0.15, 0.2) is 36.4 Å². The molecule has 6 nitrogen and oxygen atoms in total. The standard InChI is InChI=1S/C22H25NO5/c1-13-10-15(3)19(11-14(13)2)21(25)16(4)28-20(24)12-23-22(26)17-6-8-18(27-5)9-7-17/h6-11,16H,12H2,1-5H3,(H,23,26)/t16-/m0/s1. The van der Waals surface area contributed by atoms with Gasteiger partial charge in [0.1, 0.15) is 12.3 Å². The zero-order chi connectivity index (χ0) is 20.8. The van der Waals surface area contributed by atoms with Crippen LogP contribution in [-0.4, -0.2) is 37.4 Å². The molecule has 0 aliphatic rings. The number of Topliss-reactive ketones (excluding diaryl/α,β-unsaturated/α-hetero) is 1. The summed E-state index contributed by atoms with van der Waals surface area (Å²) in [5, 5.41) is 2.48. The van der Waals surface area contributed by atoms with Crippen LogP contribution in [0.4, 0.5) is 0 Å². The van der Waals surface area contributed by atoms with Crippen LogP contribution in [0, 0.1) is 20.8 Å². The minimum Gasteiger partial charge on any atom is -0.497 e. The van der Waals surface area contributed by atoms with Gasteiger partial charge in [-0.25, -0.2) is 0 Å². The third kappa shape index (κ3) is 5.19. The fourth-order valence-electron chi connectivity index (χ4n) is 2.73. The molecule has 6 heteroatoms. The zero-order valence-corrected chi connectivity index (χ0v) is 16.8. The summed E-state index contributed by atoms with van der Waals surface area (Å²) in [5.41, 5.74) is 3.86. The molecule has 0 bridgehead atoms. The van der Waals surface area contributed by atoms with Crippen molar-refractivity contribution in [2.75, 3.05) is 13.7 Å². The molecule has 1 N–H and O–H groups in total. The third-order valence-corrected chi connectivity index (χ3v) is 4.53. The van der Waals surface area contributed by atoms with E-state index in [4.69, 9.17) is 9.47 Å². The Morgan fingerprint density at radius 2 is 1.57 bits per heavy atom. The number of benzene rings is 2. The van der Waals surface area contributed by atoms with Crippen molar-refractivity contribution in [1.82, 2.24) is 5.32 Å². The topological polar surface area (TPSA) is 81.7 Å². The number of hydrogen-bond donors (Lipinski definition) is 1. The van der Waals surface area contributed by atoms with Crippen LogP contribution in [-0.2, 0) is 9.53 Å². The number of carbonyl (C=O) groups excluding carboxylic acids is 3. The highest BCUT2D eigenvalue weighted by atomic mass is 16.5. The molecule has 0 radical (unpaired) electrons. The van der Waals surface area contributed by atoms with Crippen LogP contribution in [0.2, 0.25) is 0 Å². The van der Waals surface area contributed by atoms with Gasteiger partial charge in [0.05, 0.1) is 7.11 Å². The van der Waals surface area contributed by atoms with Crippen LogP contribution in [0.1, 0.15) is 44.3 Å². The number of esters is 1. The van der Waals surface area contributed by atoms with Gasteiger partial charge in [0.15, 0.2) is 6.10 Å². The highest BCUT2D eigenvalue weighted by Crippen LogP contribution is 2.18. The van der Waals surface area contributed by atoms with Crippen LogP contribution >= 0.6 is 0 Å². The van der Waals surface area contributed by atoms with Crippen molar-refractivity contribution in [3.8, 4) is 5.75 Å². The van der Waals surface area contributed by atoms with Gasteiger partial charge in [-0.3, -0.25) is 14.4 Å². The van der Waals surface area contributed by atoms with Crippen LogP contribution in [0.25, 0.3) is 0 Å². The Morgan fingerprint density at radius 1 is 0.964 bits per heavy atom. The Labute approximate surface area is 164 Å². The van der Waals surface area contributed by atoms with E-state index in [2.05, 4.69) is 5.32 Å². The lowest BCUT2D eigenvalue weighted by Crippen LogP contribution is -2.34. The van der Waals surface area contributed by atoms with Gasteiger partial charge < -0.3 is 14.8 Å². The van der Waals surface area contributed by atoms with Gasteiger partial charge in [0.25, 0.3) is 5.91 Å². The van der Waals surface area contributed by atoms with E-state index >= 15 is 0 Å². The van der Waals surface area contributed by atoms with Crippen molar-refractivity contribution < 1.29 is 23.9 Å². The van der Waals surface area contributed by atoms with E-state index in [1.807, 2.05) is 32.9 Å². The van der Waals surface area contributed by atoms with E-state index < -0.39 is 18.0 Å². The first kappa shape index (κ1) is 21.2. The maximum absolute atomic E-state index is 12.6. The highest BCUT2D eigenvalue weighted by molar-refractivity contribution is 6.02. The van der Waals surface area contributed by atoms with E-state index in [1.54, 1.807) is 24.3 Å². The zero-order valence-electron chi connectivity index (χ0n) is 16.8. The monoisotopic (exact) mass is 383 g/mol. The van der Waals surface area contributed by atoms with E-state index in [-0.39, 0.29) is 12.3 Å². The molecule has 1 atom stereocenters. The van der Waals surface area contributed by atoms with Crippen molar-refractivity contribution in [1.29, 1.82) is 0 Å². The van der Waals surface area contributed by atoms with Crippen LogP contribution in [0.3, 0.4) is 0 Å². The average molecular weight is 383 g/mol. The minimum absolute atomic E-state index is 0.268. The molecule has 0 aliphatic carbocycles. The molecule has 28 heavy (non-hydrogen) atoms. The molecule has 0 heterocycles. The molecule has 0 spiro atoms. The molecule has 0 aliphatic heterocycles. The molecule has 0 aromatic heterocycles. The summed E-state index contributed by atoms with van der Waals surface area (Å²) in [7, 11) is 1.53. The van der Waals surface area contributed by atoms with Gasteiger partial charge in [0.2, 0.25) is 5.78 Å². The minimum atomic E-state index is -0.939. The van der Waals surface area contributed by atoms with Crippen molar-refractivity contribution >= 4 is 17.7 Å².